The van der Waals surface area contributed by atoms with Crippen molar-refractivity contribution in [1.29, 1.82) is 0 Å². The molecule has 0 aliphatic heterocycles. The summed E-state index contributed by atoms with van der Waals surface area (Å²) in [5.74, 6) is -3.44. The van der Waals surface area contributed by atoms with Gasteiger partial charge in [0.15, 0.2) is 0 Å². The molecule has 1 rings (SSSR count). The molecule has 4 nitrogen and oxygen atoms in total. The molecule has 0 spiro atoms. The van der Waals surface area contributed by atoms with E-state index in [0.29, 0.717) is 0 Å². The predicted octanol–water partition coefficient (Wildman–Crippen LogP) is 0.654. The molecule has 0 aliphatic rings. The van der Waals surface area contributed by atoms with Gasteiger partial charge in [-0.15, -0.1) is 11.3 Å². The molecule has 0 unspecified atom stereocenters. The van der Waals surface area contributed by atoms with Crippen molar-refractivity contribution in [2.45, 2.75) is 10.1 Å². The molecule has 0 atom stereocenters. The van der Waals surface area contributed by atoms with Crippen LogP contribution in [0.3, 0.4) is 0 Å². The molecule has 0 saturated carbocycles. The van der Waals surface area contributed by atoms with Crippen LogP contribution in [-0.2, 0) is 10.0 Å². The molecule has 0 bridgehead atoms. The molecular weight excluding hydrogens is 248 g/mol. The maximum atomic E-state index is 12.6. The van der Waals surface area contributed by atoms with Gasteiger partial charge in [0.05, 0.1) is 6.54 Å². The van der Waals surface area contributed by atoms with Crippen LogP contribution in [0.2, 0.25) is 0 Å². The first-order valence-corrected chi connectivity index (χ1v) is 6.25. The van der Waals surface area contributed by atoms with Crippen molar-refractivity contribution in [2.75, 3.05) is 13.2 Å². The predicted molar refractivity (Wildman–Crippen MR) is 51.5 cm³/mol. The highest BCUT2D eigenvalue weighted by molar-refractivity contribution is 7.91. The Labute approximate surface area is 89.6 Å². The van der Waals surface area contributed by atoms with E-state index in [2.05, 4.69) is 0 Å². The van der Waals surface area contributed by atoms with E-state index in [1.165, 1.54) is 17.5 Å². The van der Waals surface area contributed by atoms with E-state index < -0.39 is 29.1 Å². The Kier molecular flexibility index (Phi) is 3.77. The Morgan fingerprint density at radius 2 is 2.20 bits per heavy atom. The second kappa shape index (κ2) is 4.52. The van der Waals surface area contributed by atoms with Gasteiger partial charge in [0, 0.05) is 0 Å². The molecule has 1 aromatic heterocycles. The minimum Gasteiger partial charge on any atom is -0.390 e. The number of aliphatic hydroxyl groups excluding tert-OH is 1. The highest BCUT2D eigenvalue weighted by atomic mass is 32.2. The van der Waals surface area contributed by atoms with E-state index in [0.717, 1.165) is 11.3 Å². The van der Waals surface area contributed by atoms with Crippen molar-refractivity contribution in [2.24, 2.45) is 0 Å². The lowest BCUT2D eigenvalue weighted by atomic mass is 10.4. The average molecular weight is 257 g/mol. The van der Waals surface area contributed by atoms with Gasteiger partial charge in [0.1, 0.15) is 10.8 Å². The van der Waals surface area contributed by atoms with Crippen molar-refractivity contribution in [3.63, 3.8) is 0 Å². The molecule has 0 aromatic carbocycles. The molecular formula is C7H9F2NO3S2. The lowest BCUT2D eigenvalue weighted by molar-refractivity contribution is -0.0437. The monoisotopic (exact) mass is 257 g/mol. The van der Waals surface area contributed by atoms with Crippen LogP contribution in [0.15, 0.2) is 21.7 Å². The Morgan fingerprint density at radius 1 is 1.53 bits per heavy atom. The highest BCUT2D eigenvalue weighted by Gasteiger charge is 2.30. The first kappa shape index (κ1) is 12.5. The fraction of sp³-hybridized carbons (Fsp3) is 0.429. The lowest BCUT2D eigenvalue weighted by Gasteiger charge is -2.13. The summed E-state index contributed by atoms with van der Waals surface area (Å²) in [5, 5.41) is 9.77. The van der Waals surface area contributed by atoms with E-state index in [4.69, 9.17) is 5.11 Å². The van der Waals surface area contributed by atoms with Crippen molar-refractivity contribution >= 4 is 21.4 Å². The number of sulfonamides is 1. The van der Waals surface area contributed by atoms with E-state index in [-0.39, 0.29) is 4.21 Å². The molecule has 86 valence electrons. The number of halogens is 2. The zero-order valence-corrected chi connectivity index (χ0v) is 9.12. The summed E-state index contributed by atoms with van der Waals surface area (Å²) in [6.07, 6.45) is 0. The first-order chi connectivity index (χ1) is 6.87. The fourth-order valence-electron chi connectivity index (χ4n) is 0.744. The third-order valence-electron chi connectivity index (χ3n) is 1.51. The van der Waals surface area contributed by atoms with Crippen LogP contribution in [0.4, 0.5) is 8.78 Å². The smallest absolute Gasteiger partial charge is 0.283 e. The van der Waals surface area contributed by atoms with Crippen LogP contribution in [0.1, 0.15) is 0 Å². The molecule has 1 aromatic rings. The van der Waals surface area contributed by atoms with E-state index >= 15 is 0 Å². The Morgan fingerprint density at radius 3 is 2.67 bits per heavy atom. The molecule has 0 saturated heterocycles. The maximum absolute atomic E-state index is 12.6. The maximum Gasteiger partial charge on any atom is 0.283 e. The quantitative estimate of drug-likeness (QED) is 0.814. The van der Waals surface area contributed by atoms with Gasteiger partial charge in [-0.1, -0.05) is 6.07 Å². The van der Waals surface area contributed by atoms with Gasteiger partial charge in [0.25, 0.3) is 5.92 Å². The van der Waals surface area contributed by atoms with Crippen LogP contribution in [0.5, 0.6) is 0 Å². The number of rotatable bonds is 5. The SMILES string of the molecule is O=S(=O)(NCC(F)(F)CO)c1cccs1. The third-order valence-corrected chi connectivity index (χ3v) is 4.31. The van der Waals surface area contributed by atoms with Gasteiger partial charge in [-0.3, -0.25) is 0 Å². The van der Waals surface area contributed by atoms with Crippen LogP contribution in [0, 0.1) is 0 Å². The van der Waals surface area contributed by atoms with Gasteiger partial charge in [-0.05, 0) is 11.4 Å². The molecule has 1 heterocycles. The van der Waals surface area contributed by atoms with E-state index in [9.17, 15) is 17.2 Å². The van der Waals surface area contributed by atoms with Crippen LogP contribution in [0.25, 0.3) is 0 Å². The Bertz CT molecular complexity index is 402. The number of alkyl halides is 2. The van der Waals surface area contributed by atoms with Gasteiger partial charge >= 0.3 is 0 Å². The topological polar surface area (TPSA) is 66.4 Å². The lowest BCUT2D eigenvalue weighted by Crippen LogP contribution is -2.38. The third kappa shape index (κ3) is 3.49. The van der Waals surface area contributed by atoms with Crippen LogP contribution in [-0.4, -0.2) is 32.6 Å². The highest BCUT2D eigenvalue weighted by Crippen LogP contribution is 2.17. The van der Waals surface area contributed by atoms with Gasteiger partial charge in [-0.25, -0.2) is 21.9 Å². The average Bonchev–Trinajstić information content (AvgIpc) is 2.69. The zero-order valence-electron chi connectivity index (χ0n) is 7.48. The van der Waals surface area contributed by atoms with E-state index in [1.54, 1.807) is 4.72 Å². The van der Waals surface area contributed by atoms with E-state index in [1.807, 2.05) is 0 Å². The number of aliphatic hydroxyl groups is 1. The van der Waals surface area contributed by atoms with Crippen LogP contribution >= 0.6 is 11.3 Å². The summed E-state index contributed by atoms with van der Waals surface area (Å²) >= 11 is 0.930. The van der Waals surface area contributed by atoms with Crippen molar-refractivity contribution in [3.05, 3.63) is 17.5 Å². The van der Waals surface area contributed by atoms with Gasteiger partial charge < -0.3 is 5.11 Å². The molecule has 0 radical (unpaired) electrons. The minimum absolute atomic E-state index is 0.0313. The van der Waals surface area contributed by atoms with Crippen molar-refractivity contribution in [3.8, 4) is 0 Å². The summed E-state index contributed by atoms with van der Waals surface area (Å²) in [6, 6.07) is 2.81. The summed E-state index contributed by atoms with van der Waals surface area (Å²) < 4.78 is 49.5. The summed E-state index contributed by atoms with van der Waals surface area (Å²) in [4.78, 5) is 0. The molecule has 15 heavy (non-hydrogen) atoms. The standard InChI is InChI=1S/C7H9F2NO3S2/c8-7(9,5-11)4-10-15(12,13)6-2-1-3-14-6/h1-3,10-11H,4-5H2. The van der Waals surface area contributed by atoms with Gasteiger partial charge in [0.2, 0.25) is 10.0 Å². The molecule has 0 fully saturated rings. The fourth-order valence-corrected chi connectivity index (χ4v) is 2.84. The number of hydrogen-bond acceptors (Lipinski definition) is 4. The Balaban J connectivity index is 2.67. The first-order valence-electron chi connectivity index (χ1n) is 3.89. The molecule has 2 N–H and O–H groups in total. The summed E-state index contributed by atoms with van der Waals surface area (Å²) in [6.45, 7) is -2.50. The molecule has 0 aliphatic carbocycles. The van der Waals surface area contributed by atoms with Crippen molar-refractivity contribution in [1.82, 2.24) is 4.72 Å². The largest absolute Gasteiger partial charge is 0.390 e. The summed E-state index contributed by atoms with van der Waals surface area (Å²) in [5.41, 5.74) is 0. The number of thiophene rings is 1. The summed E-state index contributed by atoms with van der Waals surface area (Å²) in [7, 11) is -3.88. The molecule has 8 heteroatoms. The normalized spacial score (nSPS) is 13.0. The second-order valence-corrected chi connectivity index (χ2v) is 5.71. The second-order valence-electron chi connectivity index (χ2n) is 2.77. The van der Waals surface area contributed by atoms with Gasteiger partial charge in [-0.2, -0.15) is 0 Å². The van der Waals surface area contributed by atoms with Crippen LogP contribution < -0.4 is 4.72 Å². The Hall–Kier alpha value is -0.570. The number of hydrogen-bond donors (Lipinski definition) is 2. The minimum atomic E-state index is -3.88. The molecule has 0 amide bonds. The van der Waals surface area contributed by atoms with Crippen molar-refractivity contribution < 1.29 is 22.3 Å². The number of nitrogens with one attached hydrogen (secondary N) is 1. The zero-order chi connectivity index (χ0) is 11.5.